The molecule has 0 saturated carbocycles. The van der Waals surface area contributed by atoms with E-state index in [0.29, 0.717) is 5.89 Å². The molecule has 6 nitrogen and oxygen atoms in total. The summed E-state index contributed by atoms with van der Waals surface area (Å²) in [7, 11) is 0. The van der Waals surface area contributed by atoms with Gasteiger partial charge in [0.05, 0.1) is 11.7 Å². The molecule has 0 amide bonds. The van der Waals surface area contributed by atoms with Gasteiger partial charge in [0.2, 0.25) is 5.89 Å². The molecule has 1 aromatic carbocycles. The van der Waals surface area contributed by atoms with Gasteiger partial charge in [0, 0.05) is 5.56 Å². The van der Waals surface area contributed by atoms with Gasteiger partial charge < -0.3 is 10.2 Å². The summed E-state index contributed by atoms with van der Waals surface area (Å²) in [5, 5.41) is 7.38. The fourth-order valence-electron chi connectivity index (χ4n) is 1.27. The van der Waals surface area contributed by atoms with Crippen LogP contribution >= 0.6 is 11.7 Å². The lowest BCUT2D eigenvalue weighted by Gasteiger charge is -1.92. The van der Waals surface area contributed by atoms with E-state index in [9.17, 15) is 0 Å². The van der Waals surface area contributed by atoms with Crippen LogP contribution in [0.5, 0.6) is 0 Å². The summed E-state index contributed by atoms with van der Waals surface area (Å²) >= 11 is 1.17. The van der Waals surface area contributed by atoms with Crippen LogP contribution in [-0.4, -0.2) is 18.9 Å². The van der Waals surface area contributed by atoms with Crippen LogP contribution in [0.25, 0.3) is 22.5 Å². The Labute approximate surface area is 88.1 Å². The molecular formula is C8H5N5OS. The van der Waals surface area contributed by atoms with E-state index in [1.807, 2.05) is 18.2 Å². The molecule has 0 aliphatic rings. The second-order valence-corrected chi connectivity index (χ2v) is 3.44. The minimum absolute atomic E-state index is 0.0569. The normalized spacial score (nSPS) is 10.9. The number of aromatic nitrogens is 4. The van der Waals surface area contributed by atoms with E-state index in [4.69, 9.17) is 10.2 Å². The zero-order valence-corrected chi connectivity index (χ0v) is 8.23. The Bertz CT molecular complexity index is 616. The molecule has 2 N–H and O–H groups in total. The number of hydrogen-bond donors (Lipinski definition) is 1. The monoisotopic (exact) mass is 219 g/mol. The minimum Gasteiger partial charge on any atom is -0.404 e. The Balaban J connectivity index is 2.18. The number of nitrogens with two attached hydrogens (primary N) is 1. The lowest BCUT2D eigenvalue weighted by molar-refractivity contribution is 0.590. The summed E-state index contributed by atoms with van der Waals surface area (Å²) in [5.74, 6) is 0.391. The first-order valence-electron chi connectivity index (χ1n) is 4.14. The van der Waals surface area contributed by atoms with Gasteiger partial charge in [0.25, 0.3) is 0 Å². The van der Waals surface area contributed by atoms with Gasteiger partial charge in [-0.15, -0.1) is 5.10 Å². The van der Waals surface area contributed by atoms with Crippen LogP contribution in [0.3, 0.4) is 0 Å². The third-order valence-corrected chi connectivity index (χ3v) is 2.50. The van der Waals surface area contributed by atoms with E-state index in [2.05, 4.69) is 18.9 Å². The highest BCUT2D eigenvalue weighted by atomic mass is 32.1. The largest absolute Gasteiger partial charge is 0.404 e. The zero-order chi connectivity index (χ0) is 10.3. The highest BCUT2D eigenvalue weighted by Gasteiger charge is 2.08. The first-order chi connectivity index (χ1) is 7.33. The summed E-state index contributed by atoms with van der Waals surface area (Å²) in [6, 6.07) is 5.60. The van der Waals surface area contributed by atoms with E-state index in [1.165, 1.54) is 11.7 Å². The molecule has 0 aliphatic heterocycles. The Morgan fingerprint density at radius 3 is 2.80 bits per heavy atom. The number of fused-ring (bicyclic) bond motifs is 1. The van der Waals surface area contributed by atoms with Gasteiger partial charge >= 0.3 is 6.01 Å². The minimum atomic E-state index is 0.0569. The predicted octanol–water partition coefficient (Wildman–Crippen LogP) is 1.32. The van der Waals surface area contributed by atoms with Gasteiger partial charge in [-0.3, -0.25) is 0 Å². The second-order valence-electron chi connectivity index (χ2n) is 2.91. The van der Waals surface area contributed by atoms with Crippen molar-refractivity contribution in [1.29, 1.82) is 0 Å². The average Bonchev–Trinajstić information content (AvgIpc) is 2.84. The van der Waals surface area contributed by atoms with Crippen LogP contribution in [0.2, 0.25) is 0 Å². The van der Waals surface area contributed by atoms with Gasteiger partial charge in [-0.05, 0) is 18.2 Å². The smallest absolute Gasteiger partial charge is 0.313 e. The fraction of sp³-hybridized carbons (Fsp3) is 0. The van der Waals surface area contributed by atoms with Gasteiger partial charge in [-0.1, -0.05) is 5.10 Å². The highest BCUT2D eigenvalue weighted by molar-refractivity contribution is 7.00. The number of rotatable bonds is 1. The number of nitrogens with zero attached hydrogens (tertiary/aromatic N) is 4. The van der Waals surface area contributed by atoms with Crippen molar-refractivity contribution in [3.05, 3.63) is 18.2 Å². The molecular weight excluding hydrogens is 214 g/mol. The van der Waals surface area contributed by atoms with Crippen LogP contribution in [0.4, 0.5) is 6.01 Å². The molecule has 74 valence electrons. The van der Waals surface area contributed by atoms with Crippen molar-refractivity contribution in [3.63, 3.8) is 0 Å². The van der Waals surface area contributed by atoms with Crippen LogP contribution in [0.15, 0.2) is 22.6 Å². The van der Waals surface area contributed by atoms with Crippen molar-refractivity contribution < 1.29 is 4.42 Å². The predicted molar refractivity (Wildman–Crippen MR) is 55.1 cm³/mol. The molecule has 0 spiro atoms. The second kappa shape index (κ2) is 2.99. The number of anilines is 1. The van der Waals surface area contributed by atoms with E-state index in [-0.39, 0.29) is 6.01 Å². The van der Waals surface area contributed by atoms with Crippen molar-refractivity contribution >= 4 is 28.8 Å². The summed E-state index contributed by atoms with van der Waals surface area (Å²) < 4.78 is 13.3. The molecule has 0 fully saturated rings. The Morgan fingerprint density at radius 1 is 1.13 bits per heavy atom. The van der Waals surface area contributed by atoms with Crippen LogP contribution in [-0.2, 0) is 0 Å². The molecule has 0 saturated heterocycles. The SMILES string of the molecule is Nc1nnc(-c2ccc3nsnc3c2)o1. The van der Waals surface area contributed by atoms with Crippen LogP contribution < -0.4 is 5.73 Å². The molecule has 15 heavy (non-hydrogen) atoms. The fourth-order valence-corrected chi connectivity index (χ4v) is 1.78. The van der Waals surface area contributed by atoms with Gasteiger partial charge in [0.1, 0.15) is 11.0 Å². The first kappa shape index (κ1) is 8.30. The van der Waals surface area contributed by atoms with Crippen molar-refractivity contribution in [2.45, 2.75) is 0 Å². The maximum atomic E-state index is 5.34. The van der Waals surface area contributed by atoms with E-state index >= 15 is 0 Å². The summed E-state index contributed by atoms with van der Waals surface area (Å²) in [5.41, 5.74) is 7.81. The van der Waals surface area contributed by atoms with Gasteiger partial charge in [-0.25, -0.2) is 0 Å². The number of benzene rings is 1. The van der Waals surface area contributed by atoms with Gasteiger partial charge in [-0.2, -0.15) is 8.75 Å². The van der Waals surface area contributed by atoms with Crippen molar-refractivity contribution in [2.24, 2.45) is 0 Å². The van der Waals surface area contributed by atoms with E-state index in [0.717, 1.165) is 16.6 Å². The topological polar surface area (TPSA) is 90.7 Å². The average molecular weight is 219 g/mol. The van der Waals surface area contributed by atoms with Crippen molar-refractivity contribution in [1.82, 2.24) is 18.9 Å². The van der Waals surface area contributed by atoms with Crippen molar-refractivity contribution in [3.8, 4) is 11.5 Å². The molecule has 3 rings (SSSR count). The lowest BCUT2D eigenvalue weighted by Crippen LogP contribution is -1.81. The molecule has 2 heterocycles. The Kier molecular flexibility index (Phi) is 1.65. The van der Waals surface area contributed by atoms with Crippen LogP contribution in [0, 0.1) is 0 Å². The highest BCUT2D eigenvalue weighted by Crippen LogP contribution is 2.22. The molecule has 7 heteroatoms. The van der Waals surface area contributed by atoms with E-state index < -0.39 is 0 Å². The third-order valence-electron chi connectivity index (χ3n) is 1.94. The summed E-state index contributed by atoms with van der Waals surface area (Å²) in [6.45, 7) is 0. The molecule has 0 unspecified atom stereocenters. The number of nitrogen functional groups attached to an aromatic ring is 1. The lowest BCUT2D eigenvalue weighted by atomic mass is 10.2. The molecule has 0 bridgehead atoms. The summed E-state index contributed by atoms with van der Waals surface area (Å²) in [4.78, 5) is 0. The van der Waals surface area contributed by atoms with Crippen LogP contribution in [0.1, 0.15) is 0 Å². The molecule has 0 atom stereocenters. The molecule has 0 aliphatic carbocycles. The molecule has 0 radical (unpaired) electrons. The van der Waals surface area contributed by atoms with E-state index in [1.54, 1.807) is 0 Å². The molecule has 3 aromatic rings. The quantitative estimate of drug-likeness (QED) is 0.663. The van der Waals surface area contributed by atoms with Gasteiger partial charge in [0.15, 0.2) is 0 Å². The first-order valence-corrected chi connectivity index (χ1v) is 4.87. The number of hydrogen-bond acceptors (Lipinski definition) is 7. The molecule has 2 aromatic heterocycles. The maximum Gasteiger partial charge on any atom is 0.313 e. The summed E-state index contributed by atoms with van der Waals surface area (Å²) in [6.07, 6.45) is 0. The Hall–Kier alpha value is -2.02. The Morgan fingerprint density at radius 2 is 2.00 bits per heavy atom. The third kappa shape index (κ3) is 1.33. The zero-order valence-electron chi connectivity index (χ0n) is 7.41. The standard InChI is InChI=1S/C8H5N5OS/c9-8-11-10-7(14-8)4-1-2-5-6(3-4)13-15-12-5/h1-3H,(H2,9,11). The van der Waals surface area contributed by atoms with Crippen molar-refractivity contribution in [2.75, 3.05) is 5.73 Å². The maximum absolute atomic E-state index is 5.34.